The van der Waals surface area contributed by atoms with E-state index in [-0.39, 0.29) is 0 Å². The molecule has 2 aromatic heterocycles. The number of para-hydroxylation sites is 4. The first kappa shape index (κ1) is 27.4. The first-order chi connectivity index (χ1) is 23.7. The molecule has 4 nitrogen and oxygen atoms in total. The summed E-state index contributed by atoms with van der Waals surface area (Å²) in [6.45, 7) is 0. The van der Waals surface area contributed by atoms with Gasteiger partial charge in [-0.15, -0.1) is 0 Å². The second-order valence-electron chi connectivity index (χ2n) is 12.0. The van der Waals surface area contributed by atoms with E-state index in [1.54, 1.807) is 0 Å². The smallest absolute Gasteiger partial charge is 0.101 e. The molecule has 0 spiro atoms. The maximum Gasteiger partial charge on any atom is 0.101 e. The lowest BCUT2D eigenvalue weighted by Crippen LogP contribution is -2.01. The third-order valence-corrected chi connectivity index (χ3v) is 9.39. The van der Waals surface area contributed by atoms with Crippen molar-refractivity contribution in [1.82, 2.24) is 9.13 Å². The highest BCUT2D eigenvalue weighted by Crippen LogP contribution is 2.41. The highest BCUT2D eigenvalue weighted by Gasteiger charge is 2.21. The molecule has 48 heavy (non-hydrogen) atoms. The molecular weight excluding hydrogens is 585 g/mol. The SMILES string of the molecule is N#Cc1ccc2c(c1)c1ccccc1n2-c1cccc(-c2ccccc2-c2cccc(C#N)c2-n2c3ccccc3c3ccccc32)c1. The van der Waals surface area contributed by atoms with E-state index < -0.39 is 0 Å². The summed E-state index contributed by atoms with van der Waals surface area (Å²) in [5, 5.41) is 24.6. The van der Waals surface area contributed by atoms with E-state index in [0.29, 0.717) is 11.1 Å². The lowest BCUT2D eigenvalue weighted by molar-refractivity contribution is 1.17. The van der Waals surface area contributed by atoms with Gasteiger partial charge in [-0.3, -0.25) is 0 Å². The van der Waals surface area contributed by atoms with Gasteiger partial charge in [-0.25, -0.2) is 0 Å². The number of hydrogen-bond acceptors (Lipinski definition) is 2. The van der Waals surface area contributed by atoms with Crippen LogP contribution >= 0.6 is 0 Å². The fraction of sp³-hybridized carbons (Fsp3) is 0. The van der Waals surface area contributed by atoms with Crippen LogP contribution in [0.5, 0.6) is 0 Å². The van der Waals surface area contributed by atoms with Crippen molar-refractivity contribution in [3.05, 3.63) is 169 Å². The number of benzene rings is 7. The molecule has 0 aliphatic heterocycles. The zero-order chi connectivity index (χ0) is 32.2. The summed E-state index contributed by atoms with van der Waals surface area (Å²) in [5.74, 6) is 0. The average Bonchev–Trinajstić information content (AvgIpc) is 3.67. The molecule has 7 aromatic carbocycles. The van der Waals surface area contributed by atoms with Crippen LogP contribution in [-0.4, -0.2) is 9.13 Å². The van der Waals surface area contributed by atoms with Gasteiger partial charge in [0.15, 0.2) is 0 Å². The fourth-order valence-corrected chi connectivity index (χ4v) is 7.36. The number of hydrogen-bond donors (Lipinski definition) is 0. The minimum atomic E-state index is 0.615. The first-order valence-electron chi connectivity index (χ1n) is 15.9. The molecule has 0 radical (unpaired) electrons. The number of rotatable bonds is 4. The number of nitrogens with zero attached hydrogens (tertiary/aromatic N) is 4. The Morgan fingerprint density at radius 3 is 1.65 bits per heavy atom. The molecule has 0 saturated heterocycles. The quantitative estimate of drug-likeness (QED) is 0.199. The van der Waals surface area contributed by atoms with Crippen LogP contribution in [0.2, 0.25) is 0 Å². The van der Waals surface area contributed by atoms with Gasteiger partial charge >= 0.3 is 0 Å². The second kappa shape index (κ2) is 10.9. The number of nitriles is 2. The molecule has 0 fully saturated rings. The first-order valence-corrected chi connectivity index (χ1v) is 15.9. The minimum Gasteiger partial charge on any atom is -0.309 e. The molecule has 4 heteroatoms. The summed E-state index contributed by atoms with van der Waals surface area (Å²) in [5.41, 5.74) is 11.6. The molecule has 0 N–H and O–H groups in total. The van der Waals surface area contributed by atoms with E-state index in [0.717, 1.165) is 77.2 Å². The van der Waals surface area contributed by atoms with Gasteiger partial charge in [-0.05, 0) is 71.3 Å². The highest BCUT2D eigenvalue weighted by atomic mass is 15.0. The summed E-state index contributed by atoms with van der Waals surface area (Å²) in [6, 6.07) is 59.0. The Morgan fingerprint density at radius 2 is 0.958 bits per heavy atom. The van der Waals surface area contributed by atoms with Gasteiger partial charge in [-0.1, -0.05) is 103 Å². The zero-order valence-electron chi connectivity index (χ0n) is 25.8. The van der Waals surface area contributed by atoms with Crippen LogP contribution in [0.4, 0.5) is 0 Å². The Kier molecular flexibility index (Phi) is 6.22. The fourth-order valence-electron chi connectivity index (χ4n) is 7.36. The van der Waals surface area contributed by atoms with Crippen molar-refractivity contribution in [2.75, 3.05) is 0 Å². The van der Waals surface area contributed by atoms with Crippen molar-refractivity contribution in [3.63, 3.8) is 0 Å². The van der Waals surface area contributed by atoms with Crippen LogP contribution in [0.1, 0.15) is 11.1 Å². The normalized spacial score (nSPS) is 11.3. The zero-order valence-corrected chi connectivity index (χ0v) is 25.8. The standard InChI is InChI=1S/C44H26N4/c45-27-29-23-24-43-39(25-29)37-18-5-6-20-40(37)47(43)32-13-9-11-30(26-32)33-14-1-2-15-34(33)38-19-10-12-31(28-46)44(38)48-41-21-7-3-16-35(41)36-17-4-8-22-42(36)48/h1-26H. The van der Waals surface area contributed by atoms with E-state index in [1.165, 1.54) is 0 Å². The van der Waals surface area contributed by atoms with Gasteiger partial charge < -0.3 is 9.13 Å². The Labute approximate surface area is 277 Å². The maximum atomic E-state index is 10.5. The molecule has 0 unspecified atom stereocenters. The topological polar surface area (TPSA) is 57.4 Å². The monoisotopic (exact) mass is 610 g/mol. The summed E-state index contributed by atoms with van der Waals surface area (Å²) < 4.78 is 4.52. The lowest BCUT2D eigenvalue weighted by atomic mass is 9.92. The summed E-state index contributed by atoms with van der Waals surface area (Å²) in [4.78, 5) is 0. The van der Waals surface area contributed by atoms with Crippen molar-refractivity contribution in [1.29, 1.82) is 10.5 Å². The molecule has 0 amide bonds. The maximum absolute atomic E-state index is 10.5. The molecule has 0 bridgehead atoms. The van der Waals surface area contributed by atoms with Crippen molar-refractivity contribution < 1.29 is 0 Å². The van der Waals surface area contributed by atoms with Crippen LogP contribution in [0.15, 0.2) is 158 Å². The van der Waals surface area contributed by atoms with Gasteiger partial charge in [0, 0.05) is 32.8 Å². The molecule has 0 aliphatic rings. The predicted octanol–water partition coefficient (Wildman–Crippen LogP) is 11.0. The van der Waals surface area contributed by atoms with Crippen LogP contribution in [0.25, 0.3) is 77.2 Å². The van der Waals surface area contributed by atoms with E-state index in [1.807, 2.05) is 36.4 Å². The predicted molar refractivity (Wildman–Crippen MR) is 195 cm³/mol. The van der Waals surface area contributed by atoms with E-state index >= 15 is 0 Å². The summed E-state index contributed by atoms with van der Waals surface area (Å²) in [7, 11) is 0. The Bertz CT molecular complexity index is 2760. The van der Waals surface area contributed by atoms with Crippen molar-refractivity contribution in [2.24, 2.45) is 0 Å². The van der Waals surface area contributed by atoms with Gasteiger partial charge in [-0.2, -0.15) is 10.5 Å². The number of fused-ring (bicyclic) bond motifs is 6. The Hall–Kier alpha value is -6.88. The molecule has 222 valence electrons. The van der Waals surface area contributed by atoms with Crippen molar-refractivity contribution in [3.8, 4) is 45.8 Å². The Morgan fingerprint density at radius 1 is 0.396 bits per heavy atom. The van der Waals surface area contributed by atoms with Gasteiger partial charge in [0.1, 0.15) is 6.07 Å². The molecule has 2 heterocycles. The highest BCUT2D eigenvalue weighted by molar-refractivity contribution is 6.11. The largest absolute Gasteiger partial charge is 0.309 e. The molecule has 0 atom stereocenters. The third kappa shape index (κ3) is 4.07. The lowest BCUT2D eigenvalue weighted by Gasteiger charge is -2.18. The van der Waals surface area contributed by atoms with Crippen LogP contribution in [0, 0.1) is 22.7 Å². The molecule has 0 aliphatic carbocycles. The van der Waals surface area contributed by atoms with E-state index in [4.69, 9.17) is 0 Å². The summed E-state index contributed by atoms with van der Waals surface area (Å²) >= 11 is 0. The van der Waals surface area contributed by atoms with E-state index in [2.05, 4.69) is 143 Å². The van der Waals surface area contributed by atoms with Crippen molar-refractivity contribution in [2.45, 2.75) is 0 Å². The second-order valence-corrected chi connectivity index (χ2v) is 12.0. The van der Waals surface area contributed by atoms with Crippen LogP contribution in [-0.2, 0) is 0 Å². The van der Waals surface area contributed by atoms with E-state index in [9.17, 15) is 10.5 Å². The summed E-state index contributed by atoms with van der Waals surface area (Å²) in [6.07, 6.45) is 0. The minimum absolute atomic E-state index is 0.615. The van der Waals surface area contributed by atoms with Gasteiger partial charge in [0.2, 0.25) is 0 Å². The molecular formula is C44H26N4. The van der Waals surface area contributed by atoms with Gasteiger partial charge in [0.25, 0.3) is 0 Å². The van der Waals surface area contributed by atoms with Crippen LogP contribution < -0.4 is 0 Å². The van der Waals surface area contributed by atoms with Crippen molar-refractivity contribution >= 4 is 43.6 Å². The molecule has 9 aromatic rings. The molecule has 0 saturated carbocycles. The number of aromatic nitrogens is 2. The Balaban J connectivity index is 1.29. The van der Waals surface area contributed by atoms with Crippen LogP contribution in [0.3, 0.4) is 0 Å². The average molecular weight is 611 g/mol. The molecule has 9 rings (SSSR count). The third-order valence-electron chi connectivity index (χ3n) is 9.39. The van der Waals surface area contributed by atoms with Gasteiger partial charge in [0.05, 0.1) is 45.0 Å².